The Morgan fingerprint density at radius 3 is 2.35 bits per heavy atom. The molecule has 0 heterocycles. The number of rotatable bonds is 5. The van der Waals surface area contributed by atoms with Crippen molar-refractivity contribution in [3.05, 3.63) is 23.3 Å². The number of carbonyl (C=O) groups excluding carboxylic acids is 1. The van der Waals surface area contributed by atoms with Gasteiger partial charge in [0.05, 0.1) is 14.2 Å². The van der Waals surface area contributed by atoms with Crippen LogP contribution in [0.5, 0.6) is 11.5 Å². The zero-order valence-corrected chi connectivity index (χ0v) is 12.5. The van der Waals surface area contributed by atoms with Gasteiger partial charge >= 0.3 is 0 Å². The molecular formula is C16H21NO3. The van der Waals surface area contributed by atoms with E-state index >= 15 is 0 Å². The topological polar surface area (TPSA) is 47.9 Å². The normalized spacial score (nSPS) is 16.2. The number of hydrogen-bond acceptors (Lipinski definition) is 4. The first-order chi connectivity index (χ1) is 9.57. The maximum atomic E-state index is 10.8. The summed E-state index contributed by atoms with van der Waals surface area (Å²) in [6.07, 6.45) is 4.48. The molecule has 1 aliphatic carbocycles. The molecule has 1 aliphatic rings. The van der Waals surface area contributed by atoms with Crippen LogP contribution in [0.25, 0.3) is 0 Å². The third-order valence-corrected chi connectivity index (χ3v) is 4.11. The second kappa shape index (κ2) is 5.68. The lowest BCUT2D eigenvalue weighted by Gasteiger charge is -2.38. The third kappa shape index (κ3) is 2.32. The van der Waals surface area contributed by atoms with Crippen LogP contribution in [-0.2, 0) is 10.3 Å². The number of methoxy groups -OCH3 is 2. The molecule has 2 rings (SSSR count). The molecule has 0 unspecified atom stereocenters. The third-order valence-electron chi connectivity index (χ3n) is 4.11. The Hall–Kier alpha value is -1.80. The van der Waals surface area contributed by atoms with Crippen LogP contribution in [0, 0.1) is 0 Å². The minimum atomic E-state index is -0.481. The molecular weight excluding hydrogens is 254 g/mol. The fraction of sp³-hybridized carbons (Fsp3) is 0.562. The lowest BCUT2D eigenvalue weighted by Crippen LogP contribution is -2.32. The average molecular weight is 275 g/mol. The van der Waals surface area contributed by atoms with Crippen molar-refractivity contribution < 1.29 is 14.3 Å². The predicted molar refractivity (Wildman–Crippen MR) is 77.3 cm³/mol. The van der Waals surface area contributed by atoms with E-state index in [1.165, 1.54) is 0 Å². The van der Waals surface area contributed by atoms with Crippen molar-refractivity contribution in [1.82, 2.24) is 0 Å². The molecule has 1 aromatic rings. The van der Waals surface area contributed by atoms with E-state index < -0.39 is 5.54 Å². The van der Waals surface area contributed by atoms with Gasteiger partial charge in [-0.05, 0) is 42.9 Å². The number of benzene rings is 1. The molecule has 0 bridgehead atoms. The van der Waals surface area contributed by atoms with Crippen LogP contribution in [0.2, 0.25) is 0 Å². The molecule has 0 amide bonds. The first-order valence-corrected chi connectivity index (χ1v) is 6.93. The Morgan fingerprint density at radius 2 is 1.95 bits per heavy atom. The summed E-state index contributed by atoms with van der Waals surface area (Å²) in [4.78, 5) is 14.9. The summed E-state index contributed by atoms with van der Waals surface area (Å²) in [6, 6.07) is 4.08. The highest BCUT2D eigenvalue weighted by Gasteiger charge is 2.42. The lowest BCUT2D eigenvalue weighted by atomic mass is 9.71. The van der Waals surface area contributed by atoms with Crippen molar-refractivity contribution in [2.75, 3.05) is 14.2 Å². The quantitative estimate of drug-likeness (QED) is 0.610. The molecule has 0 aromatic heterocycles. The standard InChI is InChI=1S/C16H21NO3/c1-11(2)12-8-13(15(20-4)14(9-12)19-3)16(17-10-18)6-5-7-16/h8-9,11H,5-7H2,1-4H3. The molecule has 0 N–H and O–H groups in total. The average Bonchev–Trinajstić information content (AvgIpc) is 2.41. The van der Waals surface area contributed by atoms with Gasteiger partial charge in [0.1, 0.15) is 5.54 Å². The van der Waals surface area contributed by atoms with Crippen molar-refractivity contribution in [3.8, 4) is 11.5 Å². The van der Waals surface area contributed by atoms with Gasteiger partial charge in [-0.1, -0.05) is 13.8 Å². The molecule has 108 valence electrons. The van der Waals surface area contributed by atoms with E-state index in [2.05, 4.69) is 24.9 Å². The Balaban J connectivity index is 2.65. The summed E-state index contributed by atoms with van der Waals surface area (Å²) in [7, 11) is 3.25. The Labute approximate surface area is 119 Å². The Bertz CT molecular complexity index is 541. The van der Waals surface area contributed by atoms with Crippen LogP contribution in [0.15, 0.2) is 17.1 Å². The summed E-state index contributed by atoms with van der Waals surface area (Å²) in [5.74, 6) is 1.74. The molecule has 20 heavy (non-hydrogen) atoms. The van der Waals surface area contributed by atoms with E-state index in [0.29, 0.717) is 17.4 Å². The molecule has 0 radical (unpaired) electrons. The van der Waals surface area contributed by atoms with Crippen LogP contribution in [0.4, 0.5) is 0 Å². The van der Waals surface area contributed by atoms with E-state index in [4.69, 9.17) is 9.47 Å². The highest BCUT2D eigenvalue weighted by molar-refractivity contribution is 5.55. The van der Waals surface area contributed by atoms with E-state index in [1.54, 1.807) is 20.3 Å². The van der Waals surface area contributed by atoms with Crippen molar-refractivity contribution in [3.63, 3.8) is 0 Å². The second-order valence-corrected chi connectivity index (χ2v) is 5.55. The van der Waals surface area contributed by atoms with Gasteiger partial charge < -0.3 is 9.47 Å². The van der Waals surface area contributed by atoms with Crippen LogP contribution in [0.3, 0.4) is 0 Å². The van der Waals surface area contributed by atoms with Gasteiger partial charge in [-0.2, -0.15) is 4.99 Å². The summed E-state index contributed by atoms with van der Waals surface area (Å²) in [5.41, 5.74) is 1.62. The number of ether oxygens (including phenoxy) is 2. The number of nitrogens with zero attached hydrogens (tertiary/aromatic N) is 1. The summed E-state index contributed by atoms with van der Waals surface area (Å²) >= 11 is 0. The van der Waals surface area contributed by atoms with Gasteiger partial charge in [0.25, 0.3) is 0 Å². The zero-order valence-electron chi connectivity index (χ0n) is 12.5. The fourth-order valence-corrected chi connectivity index (χ4v) is 2.71. The number of hydrogen-bond donors (Lipinski definition) is 0. The fourth-order valence-electron chi connectivity index (χ4n) is 2.71. The van der Waals surface area contributed by atoms with Gasteiger partial charge in [-0.15, -0.1) is 0 Å². The van der Waals surface area contributed by atoms with E-state index in [1.807, 2.05) is 6.07 Å². The Kier molecular flexibility index (Phi) is 4.15. The second-order valence-electron chi connectivity index (χ2n) is 5.55. The monoisotopic (exact) mass is 275 g/mol. The Morgan fingerprint density at radius 1 is 1.25 bits per heavy atom. The minimum Gasteiger partial charge on any atom is -0.493 e. The maximum Gasteiger partial charge on any atom is 0.235 e. The molecule has 1 saturated carbocycles. The van der Waals surface area contributed by atoms with Crippen LogP contribution >= 0.6 is 0 Å². The van der Waals surface area contributed by atoms with Crippen LogP contribution in [-0.4, -0.2) is 20.3 Å². The lowest BCUT2D eigenvalue weighted by molar-refractivity contribution is 0.242. The first kappa shape index (κ1) is 14.6. The minimum absolute atomic E-state index is 0.367. The maximum absolute atomic E-state index is 10.8. The van der Waals surface area contributed by atoms with Crippen LogP contribution < -0.4 is 9.47 Å². The van der Waals surface area contributed by atoms with Crippen molar-refractivity contribution in [2.45, 2.75) is 44.6 Å². The highest BCUT2D eigenvalue weighted by Crippen LogP contribution is 2.51. The first-order valence-electron chi connectivity index (χ1n) is 6.93. The molecule has 1 aromatic carbocycles. The molecule has 4 heteroatoms. The summed E-state index contributed by atoms with van der Waals surface area (Å²) in [6.45, 7) is 4.25. The van der Waals surface area contributed by atoms with Gasteiger partial charge in [-0.25, -0.2) is 4.79 Å². The van der Waals surface area contributed by atoms with Crippen LogP contribution in [0.1, 0.15) is 50.2 Å². The molecule has 0 spiro atoms. The highest BCUT2D eigenvalue weighted by atomic mass is 16.5. The van der Waals surface area contributed by atoms with E-state index in [9.17, 15) is 4.79 Å². The molecule has 0 aliphatic heterocycles. The van der Waals surface area contributed by atoms with E-state index in [-0.39, 0.29) is 0 Å². The molecule has 4 nitrogen and oxygen atoms in total. The van der Waals surface area contributed by atoms with Gasteiger partial charge in [0.2, 0.25) is 6.08 Å². The number of isocyanates is 1. The van der Waals surface area contributed by atoms with Gasteiger partial charge in [0, 0.05) is 5.56 Å². The van der Waals surface area contributed by atoms with Gasteiger partial charge in [-0.3, -0.25) is 0 Å². The van der Waals surface area contributed by atoms with Crippen molar-refractivity contribution >= 4 is 6.08 Å². The molecule has 0 saturated heterocycles. The largest absolute Gasteiger partial charge is 0.493 e. The summed E-state index contributed by atoms with van der Waals surface area (Å²) in [5, 5.41) is 0. The van der Waals surface area contributed by atoms with Gasteiger partial charge in [0.15, 0.2) is 11.5 Å². The molecule has 0 atom stereocenters. The SMILES string of the molecule is COc1cc(C(C)C)cc(C2(N=C=O)CCC2)c1OC. The summed E-state index contributed by atoms with van der Waals surface area (Å²) < 4.78 is 11.0. The van der Waals surface area contributed by atoms with E-state index in [0.717, 1.165) is 30.4 Å². The van der Waals surface area contributed by atoms with Crippen molar-refractivity contribution in [1.29, 1.82) is 0 Å². The van der Waals surface area contributed by atoms with Crippen molar-refractivity contribution in [2.24, 2.45) is 4.99 Å². The predicted octanol–water partition coefficient (Wildman–Crippen LogP) is 3.54. The zero-order chi connectivity index (χ0) is 14.8. The molecule has 1 fully saturated rings. The number of aliphatic imine (C=N–C) groups is 1. The smallest absolute Gasteiger partial charge is 0.235 e.